The van der Waals surface area contributed by atoms with Crippen molar-refractivity contribution in [1.82, 2.24) is 0 Å². The lowest BCUT2D eigenvalue weighted by Gasteiger charge is -2.18. The number of fused-ring (bicyclic) bond motifs is 1. The summed E-state index contributed by atoms with van der Waals surface area (Å²) in [5.41, 5.74) is 4.67. The van der Waals surface area contributed by atoms with E-state index in [1.165, 1.54) is 5.56 Å². The molecule has 0 aromatic heterocycles. The molecular weight excluding hydrogens is 250 g/mol. The number of ether oxygens (including phenoxy) is 1. The highest BCUT2D eigenvalue weighted by Gasteiger charge is 2.31. The van der Waals surface area contributed by atoms with Gasteiger partial charge in [-0.05, 0) is 36.6 Å². The van der Waals surface area contributed by atoms with Crippen LogP contribution in [-0.2, 0) is 11.2 Å². The van der Waals surface area contributed by atoms with E-state index < -0.39 is 6.23 Å². The van der Waals surface area contributed by atoms with Gasteiger partial charge in [0.25, 0.3) is 0 Å². The quantitative estimate of drug-likeness (QED) is 0.864. The lowest BCUT2D eigenvalue weighted by molar-refractivity contribution is 0.0437. The maximum atomic E-state index is 11.8. The predicted octanol–water partition coefficient (Wildman–Crippen LogP) is 3.44. The number of carbonyl (C=O) groups excluding carboxylic acids is 1. The van der Waals surface area contributed by atoms with Gasteiger partial charge in [-0.1, -0.05) is 37.3 Å². The third kappa shape index (κ3) is 2.00. The zero-order valence-corrected chi connectivity index (χ0v) is 11.5. The van der Waals surface area contributed by atoms with Crippen LogP contribution in [0, 0.1) is 19.1 Å². The first kappa shape index (κ1) is 12.6. The minimum absolute atomic E-state index is 0.346. The van der Waals surface area contributed by atoms with E-state index in [4.69, 9.17) is 4.74 Å². The van der Waals surface area contributed by atoms with Crippen molar-refractivity contribution < 1.29 is 9.53 Å². The molecule has 1 aliphatic rings. The van der Waals surface area contributed by atoms with Gasteiger partial charge in [0.05, 0.1) is 0 Å². The van der Waals surface area contributed by atoms with E-state index in [-0.39, 0.29) is 5.97 Å². The van der Waals surface area contributed by atoms with E-state index >= 15 is 0 Å². The third-order valence-electron chi connectivity index (χ3n) is 3.56. The van der Waals surface area contributed by atoms with Crippen LogP contribution in [-0.4, -0.2) is 5.97 Å². The van der Waals surface area contributed by atoms with Crippen molar-refractivity contribution in [2.45, 2.75) is 26.5 Å². The van der Waals surface area contributed by atoms with Gasteiger partial charge in [-0.3, -0.25) is 0 Å². The van der Waals surface area contributed by atoms with Crippen molar-refractivity contribution in [3.8, 4) is 0 Å². The maximum absolute atomic E-state index is 11.8. The van der Waals surface area contributed by atoms with Crippen LogP contribution in [0.15, 0.2) is 30.3 Å². The molecule has 2 aromatic carbocycles. The zero-order chi connectivity index (χ0) is 14.1. The molecule has 0 fully saturated rings. The number of benzene rings is 1. The molecule has 0 saturated carbocycles. The van der Waals surface area contributed by atoms with E-state index in [2.05, 4.69) is 30.4 Å². The second-order valence-corrected chi connectivity index (χ2v) is 4.83. The number of para-hydroxylation sites is 1. The fraction of sp³-hybridized carbons (Fsp3) is 0.235. The van der Waals surface area contributed by atoms with Crippen molar-refractivity contribution >= 4 is 11.7 Å². The minimum Gasteiger partial charge on any atom is -0.433 e. The smallest absolute Gasteiger partial charge is 0.349 e. The van der Waals surface area contributed by atoms with E-state index in [0.717, 1.165) is 23.2 Å². The van der Waals surface area contributed by atoms with E-state index in [1.807, 2.05) is 25.1 Å². The summed E-state index contributed by atoms with van der Waals surface area (Å²) in [6.07, 6.45) is 0.474. The van der Waals surface area contributed by atoms with Crippen LogP contribution in [0.2, 0.25) is 0 Å². The number of cyclic esters (lactones) is 1. The highest BCUT2D eigenvalue weighted by atomic mass is 16.6. The standard InChI is InChI=1S/C17H15NO2/c1-3-12-8-6-7-11(2)15(12)18-16-13-9-4-5-10-14(13)17(19)20-16/h4,6-9,16,18H,3H2,1-2H3/t16-/m1/s1. The Balaban J connectivity index is 1.96. The SMILES string of the molecule is CCc1cccc(C)c1N[C@@H]1OC(=O)c2c#cccc21. The van der Waals surface area contributed by atoms with E-state index in [1.54, 1.807) is 6.07 Å². The molecule has 0 radical (unpaired) electrons. The average molecular weight is 265 g/mol. The normalized spacial score (nSPS) is 16.3. The van der Waals surface area contributed by atoms with Crippen molar-refractivity contribution in [2.75, 3.05) is 5.32 Å². The molecule has 3 heteroatoms. The number of anilines is 1. The number of esters is 1. The summed E-state index contributed by atoms with van der Waals surface area (Å²) < 4.78 is 5.39. The Kier molecular flexibility index (Phi) is 3.08. The fourth-order valence-corrected chi connectivity index (χ4v) is 2.49. The van der Waals surface area contributed by atoms with Gasteiger partial charge in [0.2, 0.25) is 6.23 Å². The molecule has 20 heavy (non-hydrogen) atoms. The van der Waals surface area contributed by atoms with Crippen molar-refractivity contribution in [1.29, 1.82) is 0 Å². The van der Waals surface area contributed by atoms with Crippen molar-refractivity contribution in [2.24, 2.45) is 0 Å². The second-order valence-electron chi connectivity index (χ2n) is 4.83. The first-order chi connectivity index (χ1) is 9.70. The summed E-state index contributed by atoms with van der Waals surface area (Å²) in [6, 6.07) is 15.4. The molecule has 1 aliphatic heterocycles. The van der Waals surface area contributed by atoms with Crippen molar-refractivity contribution in [3.05, 3.63) is 64.7 Å². The summed E-state index contributed by atoms with van der Waals surface area (Å²) >= 11 is 0. The average Bonchev–Trinajstić information content (AvgIpc) is 2.78. The number of carbonyl (C=O) groups is 1. The molecule has 1 atom stereocenters. The molecule has 0 amide bonds. The Morgan fingerprint density at radius 3 is 3.00 bits per heavy atom. The summed E-state index contributed by atoms with van der Waals surface area (Å²) in [6.45, 7) is 4.15. The van der Waals surface area contributed by atoms with Gasteiger partial charge < -0.3 is 10.1 Å². The first-order valence-corrected chi connectivity index (χ1v) is 6.69. The van der Waals surface area contributed by atoms with Crippen LogP contribution in [0.3, 0.4) is 0 Å². The van der Waals surface area contributed by atoms with Gasteiger partial charge in [-0.15, -0.1) is 0 Å². The number of hydrogen-bond acceptors (Lipinski definition) is 3. The van der Waals surface area contributed by atoms with Gasteiger partial charge in [-0.25, -0.2) is 4.79 Å². The van der Waals surface area contributed by atoms with Crippen LogP contribution in [0.4, 0.5) is 5.69 Å². The molecule has 0 spiro atoms. The fourth-order valence-electron chi connectivity index (χ4n) is 2.49. The molecule has 0 aliphatic carbocycles. The van der Waals surface area contributed by atoms with Crippen LogP contribution in [0.1, 0.15) is 40.2 Å². The third-order valence-corrected chi connectivity index (χ3v) is 3.56. The topological polar surface area (TPSA) is 38.3 Å². The highest BCUT2D eigenvalue weighted by molar-refractivity contribution is 5.93. The summed E-state index contributed by atoms with van der Waals surface area (Å²) in [5.74, 6) is -0.346. The molecule has 0 saturated heterocycles. The highest BCUT2D eigenvalue weighted by Crippen LogP contribution is 2.32. The Morgan fingerprint density at radius 1 is 1.35 bits per heavy atom. The van der Waals surface area contributed by atoms with Crippen LogP contribution >= 0.6 is 0 Å². The second kappa shape index (κ2) is 4.90. The Hall–Kier alpha value is -2.47. The minimum atomic E-state index is -0.449. The monoisotopic (exact) mass is 265 g/mol. The number of nitrogens with one attached hydrogen (secondary N) is 1. The van der Waals surface area contributed by atoms with Gasteiger partial charge in [0, 0.05) is 11.3 Å². The molecule has 2 aromatic rings. The number of aryl methyl sites for hydroxylation is 2. The maximum Gasteiger partial charge on any atom is 0.349 e. The summed E-state index contributed by atoms with van der Waals surface area (Å²) in [4.78, 5) is 11.8. The summed E-state index contributed by atoms with van der Waals surface area (Å²) in [5, 5.41) is 3.34. The zero-order valence-electron chi connectivity index (χ0n) is 11.5. The number of hydrogen-bond donors (Lipinski definition) is 1. The molecule has 3 nitrogen and oxygen atoms in total. The first-order valence-electron chi connectivity index (χ1n) is 6.69. The Labute approximate surface area is 118 Å². The molecule has 3 rings (SSSR count). The Morgan fingerprint density at radius 2 is 2.20 bits per heavy atom. The molecule has 100 valence electrons. The molecule has 1 heterocycles. The van der Waals surface area contributed by atoms with Gasteiger partial charge >= 0.3 is 5.97 Å². The van der Waals surface area contributed by atoms with Gasteiger partial charge in [0.1, 0.15) is 5.56 Å². The lowest BCUT2D eigenvalue weighted by atomic mass is 10.0. The van der Waals surface area contributed by atoms with Gasteiger partial charge in [-0.2, -0.15) is 0 Å². The lowest BCUT2D eigenvalue weighted by Crippen LogP contribution is -2.12. The summed E-state index contributed by atoms with van der Waals surface area (Å²) in [7, 11) is 0. The van der Waals surface area contributed by atoms with Gasteiger partial charge in [0.15, 0.2) is 0 Å². The van der Waals surface area contributed by atoms with E-state index in [9.17, 15) is 4.79 Å². The molecular formula is C17H15NO2. The van der Waals surface area contributed by atoms with E-state index in [0.29, 0.717) is 5.56 Å². The molecule has 0 bridgehead atoms. The molecule has 0 unspecified atom stereocenters. The number of rotatable bonds is 3. The predicted molar refractivity (Wildman–Crippen MR) is 76.5 cm³/mol. The molecule has 1 N–H and O–H groups in total. The van der Waals surface area contributed by atoms with Crippen LogP contribution in [0.25, 0.3) is 0 Å². The van der Waals surface area contributed by atoms with Crippen LogP contribution < -0.4 is 5.32 Å². The largest absolute Gasteiger partial charge is 0.433 e. The Bertz CT molecular complexity index is 664. The van der Waals surface area contributed by atoms with Crippen LogP contribution in [0.5, 0.6) is 0 Å². The van der Waals surface area contributed by atoms with Crippen molar-refractivity contribution in [3.63, 3.8) is 0 Å².